The smallest absolute Gasteiger partial charge is 0.350 e. The standard InChI is InChI=1S/C18H11Cl4NO4S/c1-26-12-5-3-9-14(21)17(28-16(9)15(12)22)18(25)27-7-13(24)23-11-6-8(19)2-4-10(11)20/h2-6H,7H2,1H3,(H,23,24). The molecule has 2 aromatic carbocycles. The molecule has 0 saturated heterocycles. The Bertz CT molecular complexity index is 1080. The molecule has 0 aliphatic rings. The Morgan fingerprint density at radius 1 is 1.07 bits per heavy atom. The monoisotopic (exact) mass is 477 g/mol. The zero-order chi connectivity index (χ0) is 20.4. The van der Waals surface area contributed by atoms with Crippen molar-refractivity contribution in [1.29, 1.82) is 0 Å². The van der Waals surface area contributed by atoms with Crippen LogP contribution in [0.3, 0.4) is 0 Å². The van der Waals surface area contributed by atoms with Gasteiger partial charge in [-0.2, -0.15) is 0 Å². The van der Waals surface area contributed by atoms with E-state index in [0.29, 0.717) is 36.6 Å². The van der Waals surface area contributed by atoms with Crippen molar-refractivity contribution in [2.75, 3.05) is 19.0 Å². The second kappa shape index (κ2) is 8.76. The summed E-state index contributed by atoms with van der Waals surface area (Å²) in [5.41, 5.74) is 0.314. The first-order chi connectivity index (χ1) is 13.3. The molecule has 1 N–H and O–H groups in total. The molecule has 0 aliphatic heterocycles. The summed E-state index contributed by atoms with van der Waals surface area (Å²) < 4.78 is 10.8. The minimum atomic E-state index is -0.742. The van der Waals surface area contributed by atoms with Crippen LogP contribution in [0.5, 0.6) is 5.75 Å². The molecule has 0 bridgehead atoms. The Labute approximate surface area is 184 Å². The maximum Gasteiger partial charge on any atom is 0.350 e. The van der Waals surface area contributed by atoms with Crippen LogP contribution in [-0.4, -0.2) is 25.6 Å². The van der Waals surface area contributed by atoms with Crippen LogP contribution in [0.15, 0.2) is 30.3 Å². The predicted molar refractivity (Wildman–Crippen MR) is 114 cm³/mol. The van der Waals surface area contributed by atoms with Gasteiger partial charge in [-0.25, -0.2) is 4.79 Å². The highest BCUT2D eigenvalue weighted by Gasteiger charge is 2.22. The molecule has 1 amide bonds. The predicted octanol–water partition coefficient (Wildman–Crippen LogP) is 6.32. The molecule has 5 nitrogen and oxygen atoms in total. The Morgan fingerprint density at radius 2 is 1.82 bits per heavy atom. The normalized spacial score (nSPS) is 10.8. The number of hydrogen-bond acceptors (Lipinski definition) is 5. The van der Waals surface area contributed by atoms with Crippen molar-refractivity contribution < 1.29 is 19.1 Å². The molecule has 0 fully saturated rings. The molecule has 146 valence electrons. The Hall–Kier alpha value is -1.70. The van der Waals surface area contributed by atoms with Crippen molar-refractivity contribution in [2.24, 2.45) is 0 Å². The van der Waals surface area contributed by atoms with Crippen LogP contribution in [-0.2, 0) is 9.53 Å². The second-order valence-electron chi connectivity index (χ2n) is 5.45. The van der Waals surface area contributed by atoms with Gasteiger partial charge in [0.05, 0.1) is 27.5 Å². The fourth-order valence-corrected chi connectivity index (χ4v) is 4.46. The van der Waals surface area contributed by atoms with Crippen molar-refractivity contribution in [3.63, 3.8) is 0 Å². The Balaban J connectivity index is 1.73. The summed E-state index contributed by atoms with van der Waals surface area (Å²) in [6.45, 7) is -0.525. The fourth-order valence-electron chi connectivity index (χ4n) is 2.34. The van der Waals surface area contributed by atoms with E-state index in [1.807, 2.05) is 0 Å². The average Bonchev–Trinajstić information content (AvgIpc) is 3.01. The fraction of sp³-hybridized carbons (Fsp3) is 0.111. The molecule has 0 saturated carbocycles. The lowest BCUT2D eigenvalue weighted by Crippen LogP contribution is -2.20. The summed E-state index contributed by atoms with van der Waals surface area (Å²) in [6, 6.07) is 7.97. The van der Waals surface area contributed by atoms with Crippen LogP contribution in [0.2, 0.25) is 20.1 Å². The number of fused-ring (bicyclic) bond motifs is 1. The third-order valence-corrected chi connectivity index (χ3v) is 6.40. The third-order valence-electron chi connectivity index (χ3n) is 3.64. The number of methoxy groups -OCH3 is 1. The van der Waals surface area contributed by atoms with Gasteiger partial charge in [-0.1, -0.05) is 46.4 Å². The Kier molecular flexibility index (Phi) is 6.58. The maximum absolute atomic E-state index is 12.4. The second-order valence-corrected chi connectivity index (χ2v) is 8.07. The van der Waals surface area contributed by atoms with E-state index in [4.69, 9.17) is 55.9 Å². The topological polar surface area (TPSA) is 64.6 Å². The first kappa shape index (κ1) is 21.0. The van der Waals surface area contributed by atoms with E-state index in [1.54, 1.807) is 24.3 Å². The quantitative estimate of drug-likeness (QED) is 0.436. The molecule has 3 rings (SSSR count). The van der Waals surface area contributed by atoms with Gasteiger partial charge in [-0.15, -0.1) is 11.3 Å². The van der Waals surface area contributed by atoms with Crippen LogP contribution >= 0.6 is 57.7 Å². The zero-order valence-corrected chi connectivity index (χ0v) is 18.0. The van der Waals surface area contributed by atoms with Crippen molar-refractivity contribution >= 4 is 85.4 Å². The van der Waals surface area contributed by atoms with Gasteiger partial charge in [0.2, 0.25) is 0 Å². The maximum atomic E-state index is 12.4. The van der Waals surface area contributed by atoms with E-state index in [9.17, 15) is 9.59 Å². The zero-order valence-electron chi connectivity index (χ0n) is 14.1. The number of esters is 1. The van der Waals surface area contributed by atoms with Crippen LogP contribution in [0.4, 0.5) is 5.69 Å². The van der Waals surface area contributed by atoms with Crippen molar-refractivity contribution in [1.82, 2.24) is 0 Å². The third kappa shape index (κ3) is 4.31. The molecule has 3 aromatic rings. The SMILES string of the molecule is COc1ccc2c(Cl)c(C(=O)OCC(=O)Nc3cc(Cl)ccc3Cl)sc2c1Cl. The van der Waals surface area contributed by atoms with Gasteiger partial charge in [0.1, 0.15) is 15.6 Å². The highest BCUT2D eigenvalue weighted by molar-refractivity contribution is 7.22. The van der Waals surface area contributed by atoms with Crippen molar-refractivity contribution in [3.05, 3.63) is 55.3 Å². The minimum absolute atomic E-state index is 0.139. The van der Waals surface area contributed by atoms with E-state index in [1.165, 1.54) is 13.2 Å². The largest absolute Gasteiger partial charge is 0.495 e. The Morgan fingerprint density at radius 3 is 2.54 bits per heavy atom. The molecular formula is C18H11Cl4NO4S. The van der Waals surface area contributed by atoms with Crippen molar-refractivity contribution in [2.45, 2.75) is 0 Å². The minimum Gasteiger partial charge on any atom is -0.495 e. The lowest BCUT2D eigenvalue weighted by atomic mass is 10.2. The number of benzene rings is 2. The lowest BCUT2D eigenvalue weighted by Gasteiger charge is -2.08. The number of hydrogen-bond donors (Lipinski definition) is 1. The number of amides is 1. The number of carbonyl (C=O) groups excluding carboxylic acids is 2. The van der Waals surface area contributed by atoms with Crippen LogP contribution in [0.1, 0.15) is 9.67 Å². The number of nitrogens with one attached hydrogen (secondary N) is 1. The molecule has 0 spiro atoms. The summed E-state index contributed by atoms with van der Waals surface area (Å²) >= 11 is 25.5. The van der Waals surface area contributed by atoms with Gasteiger partial charge < -0.3 is 14.8 Å². The molecule has 1 aromatic heterocycles. The van der Waals surface area contributed by atoms with Crippen LogP contribution < -0.4 is 10.1 Å². The molecule has 0 radical (unpaired) electrons. The van der Waals surface area contributed by atoms with Gasteiger partial charge in [0.25, 0.3) is 5.91 Å². The number of carbonyl (C=O) groups is 2. The van der Waals surface area contributed by atoms with Gasteiger partial charge in [0, 0.05) is 10.4 Å². The summed E-state index contributed by atoms with van der Waals surface area (Å²) in [5.74, 6) is -0.854. The summed E-state index contributed by atoms with van der Waals surface area (Å²) in [4.78, 5) is 24.6. The number of halogens is 4. The summed E-state index contributed by atoms with van der Waals surface area (Å²) in [5, 5.41) is 4.38. The van der Waals surface area contributed by atoms with Crippen LogP contribution in [0.25, 0.3) is 10.1 Å². The van der Waals surface area contributed by atoms with E-state index in [-0.39, 0.29) is 9.90 Å². The molecule has 10 heteroatoms. The first-order valence-electron chi connectivity index (χ1n) is 7.68. The molecule has 0 aliphatic carbocycles. The summed E-state index contributed by atoms with van der Waals surface area (Å²) in [6.07, 6.45) is 0. The van der Waals surface area contributed by atoms with Gasteiger partial charge in [-0.3, -0.25) is 4.79 Å². The van der Waals surface area contributed by atoms with Gasteiger partial charge in [-0.05, 0) is 30.3 Å². The lowest BCUT2D eigenvalue weighted by molar-refractivity contribution is -0.119. The van der Waals surface area contributed by atoms with E-state index < -0.39 is 18.5 Å². The van der Waals surface area contributed by atoms with E-state index in [0.717, 1.165) is 11.3 Å². The highest BCUT2D eigenvalue weighted by Crippen LogP contribution is 2.43. The molecule has 1 heterocycles. The molecule has 0 unspecified atom stereocenters. The average molecular weight is 479 g/mol. The van der Waals surface area contributed by atoms with Gasteiger partial charge in [0.15, 0.2) is 6.61 Å². The van der Waals surface area contributed by atoms with Gasteiger partial charge >= 0.3 is 5.97 Å². The van der Waals surface area contributed by atoms with Crippen molar-refractivity contribution in [3.8, 4) is 5.75 Å². The van der Waals surface area contributed by atoms with E-state index in [2.05, 4.69) is 5.32 Å². The highest BCUT2D eigenvalue weighted by atomic mass is 35.5. The summed E-state index contributed by atoms with van der Waals surface area (Å²) in [7, 11) is 1.49. The first-order valence-corrected chi connectivity index (χ1v) is 10.0. The number of thiophene rings is 1. The van der Waals surface area contributed by atoms with Crippen LogP contribution in [0, 0.1) is 0 Å². The number of anilines is 1. The number of ether oxygens (including phenoxy) is 2. The number of rotatable bonds is 5. The van der Waals surface area contributed by atoms with E-state index >= 15 is 0 Å². The molecule has 28 heavy (non-hydrogen) atoms. The molecular weight excluding hydrogens is 468 g/mol. The molecule has 0 atom stereocenters.